The second kappa shape index (κ2) is 8.37. The summed E-state index contributed by atoms with van der Waals surface area (Å²) in [6.07, 6.45) is 1.11. The van der Waals surface area contributed by atoms with Crippen molar-refractivity contribution in [1.29, 1.82) is 0 Å². The minimum Gasteiger partial charge on any atom is -0.493 e. The molecule has 118 valence electrons. The average Bonchev–Trinajstić information content (AvgIpc) is 2.96. The van der Waals surface area contributed by atoms with Gasteiger partial charge in [-0.1, -0.05) is 12.1 Å². The van der Waals surface area contributed by atoms with Gasteiger partial charge in [0, 0.05) is 32.7 Å². The van der Waals surface area contributed by atoms with Gasteiger partial charge < -0.3 is 19.5 Å². The Morgan fingerprint density at radius 3 is 2.67 bits per heavy atom. The van der Waals surface area contributed by atoms with Crippen LogP contribution in [0.2, 0.25) is 0 Å². The number of nitrogens with one attached hydrogen (secondary N) is 1. The van der Waals surface area contributed by atoms with Crippen LogP contribution in [0.3, 0.4) is 0 Å². The number of methoxy groups -OCH3 is 1. The monoisotopic (exact) mass is 293 g/mol. The van der Waals surface area contributed by atoms with Crippen molar-refractivity contribution in [3.63, 3.8) is 0 Å². The van der Waals surface area contributed by atoms with E-state index in [0.29, 0.717) is 5.92 Å². The van der Waals surface area contributed by atoms with Crippen LogP contribution in [0.15, 0.2) is 12.1 Å². The summed E-state index contributed by atoms with van der Waals surface area (Å²) >= 11 is 0. The van der Waals surface area contributed by atoms with Gasteiger partial charge in [0.2, 0.25) is 0 Å². The van der Waals surface area contributed by atoms with E-state index < -0.39 is 0 Å². The molecule has 0 saturated carbocycles. The predicted octanol–water partition coefficient (Wildman–Crippen LogP) is 2.45. The van der Waals surface area contributed by atoms with Crippen LogP contribution in [0.4, 0.5) is 0 Å². The fourth-order valence-electron chi connectivity index (χ4n) is 2.69. The molecular formula is C17H27NO3. The van der Waals surface area contributed by atoms with Gasteiger partial charge in [0.15, 0.2) is 0 Å². The van der Waals surface area contributed by atoms with E-state index in [1.54, 1.807) is 7.11 Å². The highest BCUT2D eigenvalue weighted by atomic mass is 16.5. The summed E-state index contributed by atoms with van der Waals surface area (Å²) in [6, 6.07) is 4.40. The second-order valence-electron chi connectivity index (χ2n) is 5.77. The van der Waals surface area contributed by atoms with Crippen LogP contribution in [-0.2, 0) is 16.0 Å². The van der Waals surface area contributed by atoms with Crippen LogP contribution in [0, 0.1) is 19.8 Å². The van der Waals surface area contributed by atoms with E-state index in [2.05, 4.69) is 31.3 Å². The van der Waals surface area contributed by atoms with Crippen LogP contribution < -0.4 is 10.1 Å². The lowest BCUT2D eigenvalue weighted by Gasteiger charge is -2.16. The summed E-state index contributed by atoms with van der Waals surface area (Å²) in [7, 11) is 1.72. The van der Waals surface area contributed by atoms with Crippen molar-refractivity contribution in [2.75, 3.05) is 40.1 Å². The fourth-order valence-corrected chi connectivity index (χ4v) is 2.69. The molecule has 0 aliphatic carbocycles. The average molecular weight is 293 g/mol. The lowest BCUT2D eigenvalue weighted by atomic mass is 10.1. The molecule has 1 aliphatic rings. The molecule has 21 heavy (non-hydrogen) atoms. The smallest absolute Gasteiger partial charge is 0.125 e. The van der Waals surface area contributed by atoms with Gasteiger partial charge in [-0.25, -0.2) is 0 Å². The zero-order valence-electron chi connectivity index (χ0n) is 13.4. The molecule has 4 nitrogen and oxygen atoms in total. The van der Waals surface area contributed by atoms with Crippen LogP contribution in [0.1, 0.15) is 23.1 Å². The number of ether oxygens (including phenoxy) is 3. The van der Waals surface area contributed by atoms with Crippen LogP contribution in [-0.4, -0.2) is 40.1 Å². The summed E-state index contributed by atoms with van der Waals surface area (Å²) in [6.45, 7) is 9.17. The van der Waals surface area contributed by atoms with Crippen LogP contribution in [0.5, 0.6) is 5.75 Å². The Morgan fingerprint density at radius 1 is 1.29 bits per heavy atom. The summed E-state index contributed by atoms with van der Waals surface area (Å²) in [4.78, 5) is 0. The van der Waals surface area contributed by atoms with Crippen molar-refractivity contribution in [3.8, 4) is 5.75 Å². The minimum atomic E-state index is 0.541. The van der Waals surface area contributed by atoms with Gasteiger partial charge in [-0.05, 0) is 37.0 Å². The molecule has 0 amide bonds. The molecule has 1 aromatic carbocycles. The van der Waals surface area contributed by atoms with Gasteiger partial charge in [-0.15, -0.1) is 0 Å². The van der Waals surface area contributed by atoms with Crippen LogP contribution >= 0.6 is 0 Å². The zero-order valence-corrected chi connectivity index (χ0v) is 13.4. The first-order valence-electron chi connectivity index (χ1n) is 7.71. The highest BCUT2D eigenvalue weighted by Gasteiger charge is 2.17. The third-order valence-corrected chi connectivity index (χ3v) is 3.82. The van der Waals surface area contributed by atoms with E-state index in [0.717, 1.165) is 51.7 Å². The van der Waals surface area contributed by atoms with E-state index in [1.165, 1.54) is 16.7 Å². The molecule has 1 atom stereocenters. The molecule has 1 aliphatic heterocycles. The standard InChI is InChI=1S/C17H27NO3/c1-13-8-16(10-18-5-7-19-3)9-14(2)17(13)21-12-15-4-6-20-11-15/h8-9,15,18H,4-7,10-12H2,1-3H3. The topological polar surface area (TPSA) is 39.7 Å². The Bertz CT molecular complexity index is 419. The molecular weight excluding hydrogens is 266 g/mol. The van der Waals surface area contributed by atoms with Crippen molar-refractivity contribution in [2.45, 2.75) is 26.8 Å². The predicted molar refractivity (Wildman–Crippen MR) is 83.9 cm³/mol. The summed E-state index contributed by atoms with van der Waals surface area (Å²) in [5.74, 6) is 1.57. The number of rotatable bonds is 8. The Kier molecular flexibility index (Phi) is 6.49. The number of hydrogen-bond acceptors (Lipinski definition) is 4. The van der Waals surface area contributed by atoms with Gasteiger partial charge in [0.25, 0.3) is 0 Å². The molecule has 1 unspecified atom stereocenters. The molecule has 0 aromatic heterocycles. The highest BCUT2D eigenvalue weighted by molar-refractivity contribution is 5.43. The SMILES string of the molecule is COCCNCc1cc(C)c(OCC2CCOC2)c(C)c1. The highest BCUT2D eigenvalue weighted by Crippen LogP contribution is 2.26. The van der Waals surface area contributed by atoms with Gasteiger partial charge in [0.1, 0.15) is 5.75 Å². The molecule has 2 rings (SSSR count). The number of aryl methyl sites for hydroxylation is 2. The van der Waals surface area contributed by atoms with E-state index in [4.69, 9.17) is 14.2 Å². The number of benzene rings is 1. The maximum atomic E-state index is 6.03. The zero-order chi connectivity index (χ0) is 15.1. The van der Waals surface area contributed by atoms with Gasteiger partial charge in [0.05, 0.1) is 19.8 Å². The van der Waals surface area contributed by atoms with Gasteiger partial charge >= 0.3 is 0 Å². The van der Waals surface area contributed by atoms with Gasteiger partial charge in [-0.2, -0.15) is 0 Å². The summed E-state index contributed by atoms with van der Waals surface area (Å²) in [5, 5.41) is 3.37. The quantitative estimate of drug-likeness (QED) is 0.747. The Hall–Kier alpha value is -1.10. The summed E-state index contributed by atoms with van der Waals surface area (Å²) < 4.78 is 16.5. The van der Waals surface area contributed by atoms with Crippen molar-refractivity contribution < 1.29 is 14.2 Å². The van der Waals surface area contributed by atoms with Crippen molar-refractivity contribution in [3.05, 3.63) is 28.8 Å². The summed E-state index contributed by atoms with van der Waals surface area (Å²) in [5.41, 5.74) is 3.70. The third-order valence-electron chi connectivity index (χ3n) is 3.82. The Labute approximate surface area is 127 Å². The fraction of sp³-hybridized carbons (Fsp3) is 0.647. The molecule has 1 heterocycles. The first-order valence-corrected chi connectivity index (χ1v) is 7.71. The van der Waals surface area contributed by atoms with E-state index >= 15 is 0 Å². The third kappa shape index (κ3) is 4.99. The molecule has 1 aromatic rings. The van der Waals surface area contributed by atoms with Gasteiger partial charge in [-0.3, -0.25) is 0 Å². The van der Waals surface area contributed by atoms with Crippen LogP contribution in [0.25, 0.3) is 0 Å². The Balaban J connectivity index is 1.89. The number of hydrogen-bond donors (Lipinski definition) is 1. The van der Waals surface area contributed by atoms with Crippen molar-refractivity contribution in [1.82, 2.24) is 5.32 Å². The maximum absolute atomic E-state index is 6.03. The molecule has 1 N–H and O–H groups in total. The molecule has 4 heteroatoms. The first-order chi connectivity index (χ1) is 10.2. The largest absolute Gasteiger partial charge is 0.493 e. The molecule has 1 fully saturated rings. The minimum absolute atomic E-state index is 0.541. The molecule has 0 bridgehead atoms. The second-order valence-corrected chi connectivity index (χ2v) is 5.77. The molecule has 1 saturated heterocycles. The van der Waals surface area contributed by atoms with Crippen molar-refractivity contribution in [2.24, 2.45) is 5.92 Å². The maximum Gasteiger partial charge on any atom is 0.125 e. The van der Waals surface area contributed by atoms with E-state index in [1.807, 2.05) is 0 Å². The van der Waals surface area contributed by atoms with E-state index in [9.17, 15) is 0 Å². The molecule has 0 radical (unpaired) electrons. The van der Waals surface area contributed by atoms with Crippen molar-refractivity contribution >= 4 is 0 Å². The Morgan fingerprint density at radius 2 is 2.05 bits per heavy atom. The first kappa shape index (κ1) is 16.3. The lowest BCUT2D eigenvalue weighted by Crippen LogP contribution is -2.19. The normalized spacial score (nSPS) is 18.1. The lowest BCUT2D eigenvalue weighted by molar-refractivity contribution is 0.166. The van der Waals surface area contributed by atoms with E-state index in [-0.39, 0.29) is 0 Å². The molecule has 0 spiro atoms.